The first-order valence-electron chi connectivity index (χ1n) is 5.77. The third kappa shape index (κ3) is 36.7. The first-order valence-corrected chi connectivity index (χ1v) is 5.77. The summed E-state index contributed by atoms with van der Waals surface area (Å²) >= 11 is 0. The molecule has 18 heavy (non-hydrogen) atoms. The zero-order chi connectivity index (χ0) is 14.6. The van der Waals surface area contributed by atoms with E-state index in [4.69, 9.17) is 18.0 Å². The lowest BCUT2D eigenvalue weighted by Crippen LogP contribution is -2.01. The molecule has 0 radical (unpaired) electrons. The van der Waals surface area contributed by atoms with E-state index in [0.717, 1.165) is 25.0 Å². The predicted octanol–water partition coefficient (Wildman–Crippen LogP) is 2.54. The molecular weight excluding hydrogens is 222 g/mol. The predicted molar refractivity (Wildman–Crippen MR) is 82.1 cm³/mol. The van der Waals surface area contributed by atoms with E-state index in [1.54, 1.807) is 18.2 Å². The Hall–Kier alpha value is -1.74. The van der Waals surface area contributed by atoms with Gasteiger partial charge in [-0.15, -0.1) is 12.8 Å². The van der Waals surface area contributed by atoms with Crippen LogP contribution in [0, 0.1) is 24.7 Å². The Balaban J connectivity index is -0.000000200. The molecule has 2 heteroatoms. The van der Waals surface area contributed by atoms with Gasteiger partial charge in [-0.1, -0.05) is 44.1 Å². The second-order valence-electron chi connectivity index (χ2n) is 3.04. The quantitative estimate of drug-likeness (QED) is 0.578. The summed E-state index contributed by atoms with van der Waals surface area (Å²) in [6.45, 7) is 10.3. The molecule has 0 saturated carbocycles. The van der Waals surface area contributed by atoms with Crippen LogP contribution in [-0.4, -0.2) is 25.3 Å². The lowest BCUT2D eigenvalue weighted by Gasteiger charge is -1.91. The van der Waals surface area contributed by atoms with Gasteiger partial charge in [-0.2, -0.15) is 0 Å². The fourth-order valence-corrected chi connectivity index (χ4v) is 0.488. The molecule has 100 valence electrons. The largest absolute Gasteiger partial charge is 0.396 e. The van der Waals surface area contributed by atoms with Gasteiger partial charge in [0.1, 0.15) is 0 Å². The Labute approximate surface area is 112 Å². The molecular formula is C16H25NO. The van der Waals surface area contributed by atoms with Gasteiger partial charge in [0.2, 0.25) is 0 Å². The SMILES string of the molecule is C#C/C=C\C=C.C#CC(=C)CCCO.CCNC. The van der Waals surface area contributed by atoms with Crippen molar-refractivity contribution < 1.29 is 5.11 Å². The van der Waals surface area contributed by atoms with Gasteiger partial charge >= 0.3 is 0 Å². The van der Waals surface area contributed by atoms with Crippen LogP contribution in [0.1, 0.15) is 19.8 Å². The van der Waals surface area contributed by atoms with Crippen LogP contribution in [0.3, 0.4) is 0 Å². The summed E-state index contributed by atoms with van der Waals surface area (Å²) in [6, 6.07) is 0. The van der Waals surface area contributed by atoms with Crippen LogP contribution in [0.15, 0.2) is 37.0 Å². The summed E-state index contributed by atoms with van der Waals surface area (Å²) in [5, 5.41) is 11.2. The standard InChI is InChI=1S/C7H10O.C6H6.C3H9N/c1-3-7(2)5-4-6-8;1-3-5-6-4-2;1-3-4-2/h1,8H,2,4-6H2;1,4-6H,2H2;4H,3H2,1-2H3/b;6-5-;. The Kier molecular flexibility index (Phi) is 29.3. The van der Waals surface area contributed by atoms with Crippen molar-refractivity contribution in [3.05, 3.63) is 37.0 Å². The van der Waals surface area contributed by atoms with Gasteiger partial charge in [0.05, 0.1) is 0 Å². The molecule has 2 N–H and O–H groups in total. The van der Waals surface area contributed by atoms with E-state index < -0.39 is 0 Å². The Morgan fingerprint density at radius 2 is 2.00 bits per heavy atom. The van der Waals surface area contributed by atoms with Crippen molar-refractivity contribution in [2.45, 2.75) is 19.8 Å². The molecule has 2 nitrogen and oxygen atoms in total. The molecule has 0 fully saturated rings. The molecule has 0 spiro atoms. The normalized spacial score (nSPS) is 7.83. The number of aliphatic hydroxyl groups is 1. The van der Waals surface area contributed by atoms with Crippen LogP contribution in [0.2, 0.25) is 0 Å². The molecule has 0 aromatic carbocycles. The monoisotopic (exact) mass is 247 g/mol. The maximum absolute atomic E-state index is 8.30. The Morgan fingerprint density at radius 3 is 2.22 bits per heavy atom. The summed E-state index contributed by atoms with van der Waals surface area (Å²) in [5.41, 5.74) is 0.763. The van der Waals surface area contributed by atoms with E-state index >= 15 is 0 Å². The molecule has 0 atom stereocenters. The minimum Gasteiger partial charge on any atom is -0.396 e. The van der Waals surface area contributed by atoms with E-state index in [9.17, 15) is 0 Å². The van der Waals surface area contributed by atoms with Crippen LogP contribution < -0.4 is 5.32 Å². The molecule has 0 amide bonds. The first-order chi connectivity index (χ1) is 8.64. The topological polar surface area (TPSA) is 32.3 Å². The molecule has 0 saturated heterocycles. The first kappa shape index (κ1) is 21.5. The van der Waals surface area contributed by atoms with Crippen molar-refractivity contribution in [1.82, 2.24) is 5.32 Å². The molecule has 0 aliphatic heterocycles. The van der Waals surface area contributed by atoms with Crippen LogP contribution >= 0.6 is 0 Å². The molecule has 0 unspecified atom stereocenters. The third-order valence-electron chi connectivity index (χ3n) is 1.52. The number of hydrogen-bond donors (Lipinski definition) is 2. The van der Waals surface area contributed by atoms with E-state index in [1.807, 2.05) is 7.05 Å². The highest BCUT2D eigenvalue weighted by atomic mass is 16.2. The number of rotatable bonds is 5. The zero-order valence-corrected chi connectivity index (χ0v) is 11.6. The van der Waals surface area contributed by atoms with Gasteiger partial charge in [-0.3, -0.25) is 0 Å². The highest BCUT2D eigenvalue weighted by molar-refractivity contribution is 5.20. The Bertz CT molecular complexity index is 287. The molecule has 0 aromatic rings. The Morgan fingerprint density at radius 1 is 1.44 bits per heavy atom. The van der Waals surface area contributed by atoms with Crippen molar-refractivity contribution in [1.29, 1.82) is 0 Å². The van der Waals surface area contributed by atoms with E-state index in [0.29, 0.717) is 0 Å². The van der Waals surface area contributed by atoms with Crippen molar-refractivity contribution >= 4 is 0 Å². The fraction of sp³-hybridized carbons (Fsp3) is 0.375. The van der Waals surface area contributed by atoms with Gasteiger partial charge in [0.15, 0.2) is 0 Å². The maximum atomic E-state index is 8.30. The molecule has 0 heterocycles. The summed E-state index contributed by atoms with van der Waals surface area (Å²) in [6.07, 6.45) is 16.2. The minimum absolute atomic E-state index is 0.195. The van der Waals surface area contributed by atoms with Crippen molar-refractivity contribution in [3.63, 3.8) is 0 Å². The summed E-state index contributed by atoms with van der Waals surface area (Å²) < 4.78 is 0. The van der Waals surface area contributed by atoms with Gasteiger partial charge in [0, 0.05) is 6.61 Å². The molecule has 0 aliphatic carbocycles. The van der Waals surface area contributed by atoms with Crippen LogP contribution in [0.4, 0.5) is 0 Å². The summed E-state index contributed by atoms with van der Waals surface area (Å²) in [5.74, 6) is 4.71. The van der Waals surface area contributed by atoms with Crippen molar-refractivity contribution in [2.24, 2.45) is 0 Å². The number of nitrogens with one attached hydrogen (secondary N) is 1. The van der Waals surface area contributed by atoms with Gasteiger partial charge in [0.25, 0.3) is 0 Å². The van der Waals surface area contributed by atoms with E-state index in [2.05, 4.69) is 37.2 Å². The minimum atomic E-state index is 0.195. The maximum Gasteiger partial charge on any atom is 0.0434 e. The van der Waals surface area contributed by atoms with Crippen LogP contribution in [0.25, 0.3) is 0 Å². The van der Waals surface area contributed by atoms with Crippen molar-refractivity contribution in [3.8, 4) is 24.7 Å². The second kappa shape index (κ2) is 24.5. The average molecular weight is 247 g/mol. The van der Waals surface area contributed by atoms with Crippen molar-refractivity contribution in [2.75, 3.05) is 20.2 Å². The summed E-state index contributed by atoms with van der Waals surface area (Å²) in [7, 11) is 1.93. The van der Waals surface area contributed by atoms with Gasteiger partial charge in [-0.25, -0.2) is 0 Å². The molecule has 0 bridgehead atoms. The average Bonchev–Trinajstić information content (AvgIpc) is 2.43. The number of terminal acetylenes is 2. The number of aliphatic hydroxyl groups excluding tert-OH is 1. The fourth-order valence-electron chi connectivity index (χ4n) is 0.488. The number of allylic oxidation sites excluding steroid dienone is 4. The highest BCUT2D eigenvalue weighted by Gasteiger charge is 1.85. The van der Waals surface area contributed by atoms with Crippen LogP contribution in [0.5, 0.6) is 0 Å². The molecule has 0 aliphatic rings. The lowest BCUT2D eigenvalue weighted by atomic mass is 10.2. The van der Waals surface area contributed by atoms with Crippen LogP contribution in [-0.2, 0) is 0 Å². The van der Waals surface area contributed by atoms with E-state index in [-0.39, 0.29) is 6.61 Å². The smallest absolute Gasteiger partial charge is 0.0434 e. The number of hydrogen-bond acceptors (Lipinski definition) is 2. The third-order valence-corrected chi connectivity index (χ3v) is 1.52. The zero-order valence-electron chi connectivity index (χ0n) is 11.6. The van der Waals surface area contributed by atoms with E-state index in [1.165, 1.54) is 0 Å². The molecule has 0 rings (SSSR count). The lowest BCUT2D eigenvalue weighted by molar-refractivity contribution is 0.289. The second-order valence-corrected chi connectivity index (χ2v) is 3.04. The highest BCUT2D eigenvalue weighted by Crippen LogP contribution is 1.97. The molecule has 0 aromatic heterocycles. The summed E-state index contributed by atoms with van der Waals surface area (Å²) in [4.78, 5) is 0. The van der Waals surface area contributed by atoms with Gasteiger partial charge in [-0.05, 0) is 38.1 Å². The van der Waals surface area contributed by atoms with Gasteiger partial charge < -0.3 is 10.4 Å².